The van der Waals surface area contributed by atoms with Crippen molar-refractivity contribution in [1.29, 1.82) is 0 Å². The monoisotopic (exact) mass is 256 g/mol. The lowest BCUT2D eigenvalue weighted by Gasteiger charge is -2.13. The summed E-state index contributed by atoms with van der Waals surface area (Å²) in [5.74, 6) is 1.68. The molecule has 0 aliphatic heterocycles. The van der Waals surface area contributed by atoms with Gasteiger partial charge in [0.2, 0.25) is 0 Å². The van der Waals surface area contributed by atoms with E-state index in [0.29, 0.717) is 0 Å². The Kier molecular flexibility index (Phi) is 3.91. The smallest absolute Gasteiger partial charge is 0.130 e. The first-order valence-electron chi connectivity index (χ1n) is 6.51. The zero-order chi connectivity index (χ0) is 14.0. The maximum absolute atomic E-state index is 9.48. The van der Waals surface area contributed by atoms with Crippen LogP contribution in [0.3, 0.4) is 0 Å². The van der Waals surface area contributed by atoms with Gasteiger partial charge in [-0.3, -0.25) is 0 Å². The number of hydrogen-bond donors (Lipinski definition) is 1. The lowest BCUT2D eigenvalue weighted by Crippen LogP contribution is -1.93. The standard InChI is InChI=1S/C17H20O2/c1-11-9-12(2)13(3)17(10-11)19-16-7-5-15(6-8-16)14(4)18/h5-10,14,18H,1-4H3. The summed E-state index contributed by atoms with van der Waals surface area (Å²) >= 11 is 0. The van der Waals surface area contributed by atoms with Crippen LogP contribution >= 0.6 is 0 Å². The molecule has 0 bridgehead atoms. The average molecular weight is 256 g/mol. The highest BCUT2D eigenvalue weighted by atomic mass is 16.5. The lowest BCUT2D eigenvalue weighted by atomic mass is 10.1. The minimum absolute atomic E-state index is 0.447. The van der Waals surface area contributed by atoms with Crippen molar-refractivity contribution in [3.8, 4) is 11.5 Å². The number of aliphatic hydroxyl groups is 1. The van der Waals surface area contributed by atoms with Crippen molar-refractivity contribution < 1.29 is 9.84 Å². The van der Waals surface area contributed by atoms with Crippen molar-refractivity contribution in [2.24, 2.45) is 0 Å². The molecule has 0 radical (unpaired) electrons. The van der Waals surface area contributed by atoms with Gasteiger partial charge in [0.25, 0.3) is 0 Å². The van der Waals surface area contributed by atoms with E-state index in [1.165, 1.54) is 11.1 Å². The number of aliphatic hydroxyl groups excluding tert-OH is 1. The zero-order valence-corrected chi connectivity index (χ0v) is 11.9. The van der Waals surface area contributed by atoms with E-state index in [9.17, 15) is 5.11 Å². The fourth-order valence-electron chi connectivity index (χ4n) is 2.05. The number of benzene rings is 2. The molecule has 2 nitrogen and oxygen atoms in total. The molecular weight excluding hydrogens is 236 g/mol. The molecule has 1 atom stereocenters. The van der Waals surface area contributed by atoms with Crippen molar-refractivity contribution in [2.75, 3.05) is 0 Å². The second-order valence-electron chi connectivity index (χ2n) is 5.05. The third-order valence-corrected chi connectivity index (χ3v) is 3.35. The van der Waals surface area contributed by atoms with Crippen LogP contribution in [-0.4, -0.2) is 5.11 Å². The number of ether oxygens (including phenoxy) is 1. The van der Waals surface area contributed by atoms with Gasteiger partial charge in [0.1, 0.15) is 11.5 Å². The second kappa shape index (κ2) is 5.45. The fourth-order valence-corrected chi connectivity index (χ4v) is 2.05. The van der Waals surface area contributed by atoms with Gasteiger partial charge < -0.3 is 9.84 Å². The van der Waals surface area contributed by atoms with Crippen LogP contribution in [0.15, 0.2) is 36.4 Å². The van der Waals surface area contributed by atoms with E-state index in [2.05, 4.69) is 26.8 Å². The molecule has 0 amide bonds. The van der Waals surface area contributed by atoms with E-state index in [4.69, 9.17) is 4.74 Å². The van der Waals surface area contributed by atoms with E-state index >= 15 is 0 Å². The summed E-state index contributed by atoms with van der Waals surface area (Å²) in [6.45, 7) is 7.97. The van der Waals surface area contributed by atoms with Crippen LogP contribution in [0.2, 0.25) is 0 Å². The summed E-state index contributed by atoms with van der Waals surface area (Å²) in [4.78, 5) is 0. The van der Waals surface area contributed by atoms with Gasteiger partial charge >= 0.3 is 0 Å². The van der Waals surface area contributed by atoms with E-state index in [0.717, 1.165) is 22.6 Å². The normalized spacial score (nSPS) is 12.3. The van der Waals surface area contributed by atoms with Gasteiger partial charge in [-0.2, -0.15) is 0 Å². The van der Waals surface area contributed by atoms with Gasteiger partial charge in [-0.15, -0.1) is 0 Å². The molecule has 0 aliphatic rings. The van der Waals surface area contributed by atoms with Crippen LogP contribution in [-0.2, 0) is 0 Å². The summed E-state index contributed by atoms with van der Waals surface area (Å²) in [6, 6.07) is 11.7. The highest BCUT2D eigenvalue weighted by Crippen LogP contribution is 2.29. The third-order valence-electron chi connectivity index (χ3n) is 3.35. The zero-order valence-electron chi connectivity index (χ0n) is 11.9. The molecular formula is C17H20O2. The van der Waals surface area contributed by atoms with Crippen LogP contribution in [0.25, 0.3) is 0 Å². The first-order chi connectivity index (χ1) is 8.97. The Morgan fingerprint density at radius 2 is 1.63 bits per heavy atom. The molecule has 19 heavy (non-hydrogen) atoms. The van der Waals surface area contributed by atoms with Crippen LogP contribution in [0.5, 0.6) is 11.5 Å². The summed E-state index contributed by atoms with van der Waals surface area (Å²) in [6.07, 6.45) is -0.447. The molecule has 1 unspecified atom stereocenters. The maximum atomic E-state index is 9.48. The SMILES string of the molecule is Cc1cc(C)c(C)c(Oc2ccc(C(C)O)cc2)c1. The molecule has 2 rings (SSSR count). The fraction of sp³-hybridized carbons (Fsp3) is 0.294. The van der Waals surface area contributed by atoms with Crippen molar-refractivity contribution >= 4 is 0 Å². The Morgan fingerprint density at radius 1 is 1.00 bits per heavy atom. The van der Waals surface area contributed by atoms with Gasteiger partial charge in [-0.25, -0.2) is 0 Å². The van der Waals surface area contributed by atoms with E-state index < -0.39 is 6.10 Å². The molecule has 0 heterocycles. The van der Waals surface area contributed by atoms with Crippen LogP contribution in [0.1, 0.15) is 35.3 Å². The molecule has 0 fully saturated rings. The minimum atomic E-state index is -0.447. The number of rotatable bonds is 3. The molecule has 1 N–H and O–H groups in total. The Hall–Kier alpha value is -1.80. The third kappa shape index (κ3) is 3.15. The van der Waals surface area contributed by atoms with E-state index in [-0.39, 0.29) is 0 Å². The Labute approximate surface area is 114 Å². The minimum Gasteiger partial charge on any atom is -0.457 e. The largest absolute Gasteiger partial charge is 0.457 e. The topological polar surface area (TPSA) is 29.5 Å². The van der Waals surface area contributed by atoms with Crippen molar-refractivity contribution in [3.63, 3.8) is 0 Å². The van der Waals surface area contributed by atoms with Gasteiger partial charge in [0, 0.05) is 0 Å². The molecule has 0 saturated heterocycles. The molecule has 100 valence electrons. The first kappa shape index (κ1) is 13.6. The molecule has 2 aromatic carbocycles. The number of aryl methyl sites for hydroxylation is 2. The Balaban J connectivity index is 2.26. The predicted molar refractivity (Wildman–Crippen MR) is 77.8 cm³/mol. The van der Waals surface area contributed by atoms with Crippen molar-refractivity contribution in [3.05, 3.63) is 58.7 Å². The summed E-state index contributed by atoms with van der Waals surface area (Å²) in [7, 11) is 0. The maximum Gasteiger partial charge on any atom is 0.130 e. The van der Waals surface area contributed by atoms with Crippen LogP contribution in [0.4, 0.5) is 0 Å². The summed E-state index contributed by atoms with van der Waals surface area (Å²) in [5.41, 5.74) is 4.48. The second-order valence-corrected chi connectivity index (χ2v) is 5.05. The van der Waals surface area contributed by atoms with Crippen LogP contribution in [0, 0.1) is 20.8 Å². The predicted octanol–water partition coefficient (Wildman–Crippen LogP) is 4.46. The quantitative estimate of drug-likeness (QED) is 0.878. The highest BCUT2D eigenvalue weighted by Gasteiger charge is 2.06. The van der Waals surface area contributed by atoms with Crippen LogP contribution < -0.4 is 4.74 Å². The van der Waals surface area contributed by atoms with E-state index in [1.807, 2.05) is 30.3 Å². The van der Waals surface area contributed by atoms with E-state index in [1.54, 1.807) is 6.92 Å². The first-order valence-corrected chi connectivity index (χ1v) is 6.51. The van der Waals surface area contributed by atoms with Gasteiger partial charge in [-0.05, 0) is 68.1 Å². The Morgan fingerprint density at radius 3 is 2.21 bits per heavy atom. The molecule has 0 aliphatic carbocycles. The van der Waals surface area contributed by atoms with Gasteiger partial charge in [0.05, 0.1) is 6.10 Å². The molecule has 0 aromatic heterocycles. The average Bonchev–Trinajstić information content (AvgIpc) is 2.36. The van der Waals surface area contributed by atoms with Crippen molar-refractivity contribution in [1.82, 2.24) is 0 Å². The molecule has 0 saturated carbocycles. The summed E-state index contributed by atoms with van der Waals surface area (Å²) < 4.78 is 5.92. The number of hydrogen-bond acceptors (Lipinski definition) is 2. The highest BCUT2D eigenvalue weighted by molar-refractivity contribution is 5.44. The lowest BCUT2D eigenvalue weighted by molar-refractivity contribution is 0.199. The molecule has 2 aromatic rings. The molecule has 2 heteroatoms. The molecule has 0 spiro atoms. The van der Waals surface area contributed by atoms with Gasteiger partial charge in [0.15, 0.2) is 0 Å². The van der Waals surface area contributed by atoms with Crippen molar-refractivity contribution in [2.45, 2.75) is 33.8 Å². The van der Waals surface area contributed by atoms with Gasteiger partial charge in [-0.1, -0.05) is 18.2 Å². The Bertz CT molecular complexity index is 569. The summed E-state index contributed by atoms with van der Waals surface area (Å²) in [5, 5.41) is 9.48.